The molecule has 0 unspecified atom stereocenters. The summed E-state index contributed by atoms with van der Waals surface area (Å²) in [7, 11) is 0. The quantitative estimate of drug-likeness (QED) is 0.779. The fraction of sp³-hybridized carbons (Fsp3) is 0.500. The Morgan fingerprint density at radius 1 is 1.00 bits per heavy atom. The van der Waals surface area contributed by atoms with Crippen molar-refractivity contribution in [3.63, 3.8) is 0 Å². The van der Waals surface area contributed by atoms with Crippen molar-refractivity contribution in [2.24, 2.45) is 0 Å². The zero-order chi connectivity index (χ0) is 20.1. The van der Waals surface area contributed by atoms with Crippen LogP contribution in [0, 0.1) is 0 Å². The minimum atomic E-state index is -0.420. The summed E-state index contributed by atoms with van der Waals surface area (Å²) in [6.45, 7) is 3.86. The van der Waals surface area contributed by atoms with Crippen LogP contribution >= 0.6 is 0 Å². The maximum Gasteiger partial charge on any atom is 0.258 e. The van der Waals surface area contributed by atoms with Crippen molar-refractivity contribution >= 4 is 22.6 Å². The summed E-state index contributed by atoms with van der Waals surface area (Å²) in [6, 6.07) is 7.76. The number of hydrogen-bond donors (Lipinski definition) is 2. The van der Waals surface area contributed by atoms with Gasteiger partial charge in [-0.05, 0) is 35.9 Å². The van der Waals surface area contributed by atoms with E-state index in [1.165, 1.54) is 19.8 Å². The maximum absolute atomic E-state index is 13.0. The van der Waals surface area contributed by atoms with Crippen LogP contribution in [0.4, 0.5) is 0 Å². The van der Waals surface area contributed by atoms with Gasteiger partial charge in [0.15, 0.2) is 0 Å². The fourth-order valence-electron chi connectivity index (χ4n) is 4.39. The highest BCUT2D eigenvalue weighted by atomic mass is 16.2. The Morgan fingerprint density at radius 3 is 2.36 bits per heavy atom. The summed E-state index contributed by atoms with van der Waals surface area (Å²) in [5.74, 6) is -0.149. The van der Waals surface area contributed by atoms with Gasteiger partial charge in [0.1, 0.15) is 0 Å². The number of fused-ring (bicyclic) bond motifs is 1. The van der Waals surface area contributed by atoms with Crippen LogP contribution in [-0.4, -0.2) is 22.9 Å². The molecule has 1 aliphatic rings. The minimum Gasteiger partial charge on any atom is -0.355 e. The van der Waals surface area contributed by atoms with E-state index in [1.54, 1.807) is 17.7 Å². The highest BCUT2D eigenvalue weighted by Crippen LogP contribution is 2.39. The summed E-state index contributed by atoms with van der Waals surface area (Å²) in [5, 5.41) is 7.50. The minimum absolute atomic E-state index is 0.0393. The summed E-state index contributed by atoms with van der Waals surface area (Å²) < 4.78 is 1.63. The standard InChI is InChI=1S/C22H29N3O3/c1-16(26)23-13-15-25-14-10-18-19(21(25)28)8-7-9-20(18)22(24-17(2)27)11-5-3-4-6-12-22/h7-10,14H,3-6,11-13,15H2,1-2H3,(H,23,26)(H,24,27). The van der Waals surface area contributed by atoms with E-state index >= 15 is 0 Å². The lowest BCUT2D eigenvalue weighted by Crippen LogP contribution is -2.45. The predicted octanol–water partition coefficient (Wildman–Crippen LogP) is 2.82. The van der Waals surface area contributed by atoms with Gasteiger partial charge in [0, 0.05) is 38.5 Å². The van der Waals surface area contributed by atoms with E-state index in [9.17, 15) is 14.4 Å². The molecule has 1 saturated carbocycles. The summed E-state index contributed by atoms with van der Waals surface area (Å²) in [6.07, 6.45) is 8.02. The number of aromatic nitrogens is 1. The number of benzene rings is 1. The third-order valence-corrected chi connectivity index (χ3v) is 5.63. The van der Waals surface area contributed by atoms with E-state index in [1.807, 2.05) is 24.3 Å². The SMILES string of the molecule is CC(=O)NCCn1ccc2c(C3(NC(C)=O)CCCCCC3)cccc2c1=O. The Balaban J connectivity index is 2.05. The zero-order valence-corrected chi connectivity index (χ0v) is 16.7. The van der Waals surface area contributed by atoms with Crippen LogP contribution in [0.3, 0.4) is 0 Å². The third kappa shape index (κ3) is 4.26. The molecule has 3 rings (SSSR count). The number of nitrogens with one attached hydrogen (secondary N) is 2. The van der Waals surface area contributed by atoms with E-state index < -0.39 is 5.54 Å². The van der Waals surface area contributed by atoms with Crippen LogP contribution in [0.25, 0.3) is 10.8 Å². The second-order valence-corrected chi connectivity index (χ2v) is 7.74. The van der Waals surface area contributed by atoms with Gasteiger partial charge in [-0.1, -0.05) is 37.8 Å². The van der Waals surface area contributed by atoms with Gasteiger partial charge < -0.3 is 15.2 Å². The normalized spacial score (nSPS) is 16.4. The highest BCUT2D eigenvalue weighted by Gasteiger charge is 2.35. The van der Waals surface area contributed by atoms with Gasteiger partial charge in [0.2, 0.25) is 11.8 Å². The Hall–Kier alpha value is -2.63. The average Bonchev–Trinajstić information content (AvgIpc) is 2.89. The second kappa shape index (κ2) is 8.59. The monoisotopic (exact) mass is 383 g/mol. The molecule has 6 heteroatoms. The molecular weight excluding hydrogens is 354 g/mol. The largest absolute Gasteiger partial charge is 0.355 e. The van der Waals surface area contributed by atoms with Gasteiger partial charge in [-0.25, -0.2) is 0 Å². The molecule has 1 aromatic heterocycles. The Morgan fingerprint density at radius 2 is 1.71 bits per heavy atom. The van der Waals surface area contributed by atoms with Crippen LogP contribution in [0.1, 0.15) is 57.9 Å². The first-order valence-corrected chi connectivity index (χ1v) is 10.1. The van der Waals surface area contributed by atoms with Crippen molar-refractivity contribution in [1.29, 1.82) is 0 Å². The molecule has 1 aromatic carbocycles. The number of rotatable bonds is 5. The fourth-order valence-corrected chi connectivity index (χ4v) is 4.39. The van der Waals surface area contributed by atoms with Gasteiger partial charge in [-0.15, -0.1) is 0 Å². The molecule has 6 nitrogen and oxygen atoms in total. The van der Waals surface area contributed by atoms with E-state index in [0.29, 0.717) is 18.5 Å². The molecule has 1 fully saturated rings. The van der Waals surface area contributed by atoms with Gasteiger partial charge in [0.25, 0.3) is 5.56 Å². The maximum atomic E-state index is 13.0. The number of pyridine rings is 1. The van der Waals surface area contributed by atoms with E-state index in [4.69, 9.17) is 0 Å². The summed E-state index contributed by atoms with van der Waals surface area (Å²) in [4.78, 5) is 36.1. The first kappa shape index (κ1) is 20.1. The molecule has 0 atom stereocenters. The van der Waals surface area contributed by atoms with E-state index in [-0.39, 0.29) is 17.4 Å². The molecule has 2 amide bonds. The lowest BCUT2D eigenvalue weighted by Gasteiger charge is -2.35. The van der Waals surface area contributed by atoms with Gasteiger partial charge in [-0.3, -0.25) is 14.4 Å². The molecule has 2 aromatic rings. The number of amides is 2. The smallest absolute Gasteiger partial charge is 0.258 e. The average molecular weight is 383 g/mol. The zero-order valence-electron chi connectivity index (χ0n) is 16.7. The molecule has 1 heterocycles. The van der Waals surface area contributed by atoms with Crippen molar-refractivity contribution in [3.8, 4) is 0 Å². The van der Waals surface area contributed by atoms with E-state index in [2.05, 4.69) is 10.6 Å². The molecule has 0 bridgehead atoms. The first-order valence-electron chi connectivity index (χ1n) is 10.1. The number of nitrogens with zero attached hydrogens (tertiary/aromatic N) is 1. The van der Waals surface area contributed by atoms with Gasteiger partial charge in [0.05, 0.1) is 5.54 Å². The molecule has 1 aliphatic carbocycles. The third-order valence-electron chi connectivity index (χ3n) is 5.63. The van der Waals surface area contributed by atoms with Crippen LogP contribution in [0.5, 0.6) is 0 Å². The lowest BCUT2D eigenvalue weighted by atomic mass is 9.80. The van der Waals surface area contributed by atoms with Gasteiger partial charge in [-0.2, -0.15) is 0 Å². The van der Waals surface area contributed by atoms with Crippen LogP contribution in [-0.2, 0) is 21.7 Å². The van der Waals surface area contributed by atoms with Crippen molar-refractivity contribution in [1.82, 2.24) is 15.2 Å². The second-order valence-electron chi connectivity index (χ2n) is 7.74. The predicted molar refractivity (Wildman–Crippen MR) is 110 cm³/mol. The van der Waals surface area contributed by atoms with Crippen LogP contribution in [0.15, 0.2) is 35.3 Å². The molecule has 0 aliphatic heterocycles. The van der Waals surface area contributed by atoms with Crippen LogP contribution in [0.2, 0.25) is 0 Å². The van der Waals surface area contributed by atoms with Crippen LogP contribution < -0.4 is 16.2 Å². The van der Waals surface area contributed by atoms with E-state index in [0.717, 1.165) is 36.6 Å². The number of hydrogen-bond acceptors (Lipinski definition) is 3. The van der Waals surface area contributed by atoms with Crippen molar-refractivity contribution in [2.45, 2.75) is 64.5 Å². The van der Waals surface area contributed by atoms with Crippen molar-refractivity contribution in [2.75, 3.05) is 6.54 Å². The summed E-state index contributed by atoms with van der Waals surface area (Å²) >= 11 is 0. The molecule has 28 heavy (non-hydrogen) atoms. The topological polar surface area (TPSA) is 80.2 Å². The number of carbonyl (C=O) groups excluding carboxylic acids is 2. The van der Waals surface area contributed by atoms with Gasteiger partial charge >= 0.3 is 0 Å². The lowest BCUT2D eigenvalue weighted by molar-refractivity contribution is -0.121. The highest BCUT2D eigenvalue weighted by molar-refractivity contribution is 5.86. The first-order chi connectivity index (χ1) is 13.4. The Kier molecular flexibility index (Phi) is 6.17. The molecule has 0 radical (unpaired) electrons. The summed E-state index contributed by atoms with van der Waals surface area (Å²) in [5.41, 5.74) is 0.543. The Labute approximate surface area is 165 Å². The van der Waals surface area contributed by atoms with Crippen molar-refractivity contribution in [3.05, 3.63) is 46.4 Å². The Bertz CT molecular complexity index is 924. The molecule has 150 valence electrons. The molecule has 2 N–H and O–H groups in total. The molecule has 0 saturated heterocycles. The number of carbonyl (C=O) groups is 2. The van der Waals surface area contributed by atoms with Crippen molar-refractivity contribution < 1.29 is 9.59 Å². The molecule has 0 spiro atoms. The molecular formula is C22H29N3O3.